The van der Waals surface area contributed by atoms with Crippen LogP contribution in [0.4, 0.5) is 0 Å². The molecule has 0 bridgehead atoms. The van der Waals surface area contributed by atoms with Gasteiger partial charge in [-0.1, -0.05) is 25.7 Å². The molecule has 0 unspecified atom stereocenters. The van der Waals surface area contributed by atoms with Crippen LogP contribution in [0.25, 0.3) is 0 Å². The first-order chi connectivity index (χ1) is 12.0. The number of hydrogen-bond donors (Lipinski definition) is 2. The van der Waals surface area contributed by atoms with Gasteiger partial charge in [0.25, 0.3) is 0 Å². The maximum Gasteiger partial charge on any atom is 0.177 e. The van der Waals surface area contributed by atoms with Crippen LogP contribution in [0.3, 0.4) is 0 Å². The molecular weight excluding hydrogens is 316 g/mol. The highest BCUT2D eigenvalue weighted by atomic mass is 16.7. The summed E-state index contributed by atoms with van der Waals surface area (Å²) in [7, 11) is 0. The molecule has 1 aromatic heterocycles. The van der Waals surface area contributed by atoms with Crippen molar-refractivity contribution in [3.63, 3.8) is 0 Å². The van der Waals surface area contributed by atoms with Crippen LogP contribution in [-0.4, -0.2) is 36.9 Å². The summed E-state index contributed by atoms with van der Waals surface area (Å²) >= 11 is 0. The van der Waals surface area contributed by atoms with Gasteiger partial charge in [0.1, 0.15) is 5.69 Å². The topological polar surface area (TPSA) is 81.8 Å². The molecule has 3 rings (SSSR count). The Bertz CT molecular complexity index is 704. The molecule has 1 aliphatic carbocycles. The van der Waals surface area contributed by atoms with Gasteiger partial charge in [-0.15, -0.1) is 0 Å². The fraction of sp³-hybridized carbons (Fsp3) is 0.579. The second-order valence-corrected chi connectivity index (χ2v) is 7.48. The molecule has 1 saturated heterocycles. The van der Waals surface area contributed by atoms with Crippen molar-refractivity contribution in [1.82, 2.24) is 10.4 Å². The van der Waals surface area contributed by atoms with E-state index in [1.807, 2.05) is 13.0 Å². The van der Waals surface area contributed by atoms with E-state index in [4.69, 9.17) is 15.3 Å². The molecule has 0 atom stereocenters. The van der Waals surface area contributed by atoms with Crippen molar-refractivity contribution in [2.75, 3.05) is 19.8 Å². The Labute approximate surface area is 149 Å². The van der Waals surface area contributed by atoms with Crippen LogP contribution in [-0.2, 0) is 9.47 Å². The number of aliphatic imine (C=N–C) groups is 1. The van der Waals surface area contributed by atoms with Gasteiger partial charge in [-0.05, 0) is 31.4 Å². The zero-order chi connectivity index (χ0) is 17.9. The highest BCUT2D eigenvalue weighted by Crippen LogP contribution is 2.27. The summed E-state index contributed by atoms with van der Waals surface area (Å²) in [5.41, 5.74) is 5.30. The first kappa shape index (κ1) is 17.9. The van der Waals surface area contributed by atoms with Crippen LogP contribution in [0.15, 0.2) is 17.3 Å². The predicted molar refractivity (Wildman–Crippen MR) is 96.8 cm³/mol. The second-order valence-electron chi connectivity index (χ2n) is 7.48. The van der Waals surface area contributed by atoms with E-state index in [1.54, 1.807) is 6.20 Å². The standard InChI is InChI=1S/C19H26N4O2/c1-13-8-15(7-6-14-4-5-14)9-21-17(13)18(23-20)22-10-16-24-11-19(2,3)12-25-16/h8-9,14,16H,4-5,10-12,20H2,1-3H3,(H,22,23). The third-order valence-electron chi connectivity index (χ3n) is 4.16. The number of nitrogens with one attached hydrogen (secondary N) is 1. The molecule has 1 aromatic rings. The van der Waals surface area contributed by atoms with Gasteiger partial charge in [0.05, 0.1) is 19.8 Å². The molecule has 6 nitrogen and oxygen atoms in total. The molecule has 3 N–H and O–H groups in total. The van der Waals surface area contributed by atoms with Crippen LogP contribution >= 0.6 is 0 Å². The minimum absolute atomic E-state index is 0.0463. The van der Waals surface area contributed by atoms with E-state index in [0.717, 1.165) is 16.8 Å². The summed E-state index contributed by atoms with van der Waals surface area (Å²) in [6.45, 7) is 7.89. The molecule has 2 fully saturated rings. The Balaban J connectivity index is 1.66. The lowest BCUT2D eigenvalue weighted by atomic mass is 9.96. The maximum absolute atomic E-state index is 5.70. The minimum atomic E-state index is -0.347. The van der Waals surface area contributed by atoms with Crippen LogP contribution in [0.2, 0.25) is 0 Å². The van der Waals surface area contributed by atoms with E-state index >= 15 is 0 Å². The molecule has 2 aliphatic rings. The summed E-state index contributed by atoms with van der Waals surface area (Å²) in [4.78, 5) is 8.97. The predicted octanol–water partition coefficient (Wildman–Crippen LogP) is 1.76. The second kappa shape index (κ2) is 7.52. The number of hydrogen-bond acceptors (Lipinski definition) is 5. The van der Waals surface area contributed by atoms with E-state index in [9.17, 15) is 0 Å². The highest BCUT2D eigenvalue weighted by Gasteiger charge is 2.28. The van der Waals surface area contributed by atoms with E-state index in [1.165, 1.54) is 12.8 Å². The fourth-order valence-electron chi connectivity index (χ4n) is 2.49. The van der Waals surface area contributed by atoms with Gasteiger partial charge in [-0.2, -0.15) is 0 Å². The Hall–Kier alpha value is -1.94. The molecule has 1 saturated carbocycles. The summed E-state index contributed by atoms with van der Waals surface area (Å²) in [6, 6.07) is 2.01. The number of aryl methyl sites for hydroxylation is 1. The van der Waals surface area contributed by atoms with Gasteiger partial charge in [0, 0.05) is 23.1 Å². The van der Waals surface area contributed by atoms with Gasteiger partial charge in [0.15, 0.2) is 12.1 Å². The third-order valence-corrected chi connectivity index (χ3v) is 4.16. The fourth-order valence-corrected chi connectivity index (χ4v) is 2.49. The average molecular weight is 342 g/mol. The van der Waals surface area contributed by atoms with Gasteiger partial charge < -0.3 is 14.9 Å². The zero-order valence-corrected chi connectivity index (χ0v) is 15.1. The lowest BCUT2D eigenvalue weighted by molar-refractivity contribution is -0.215. The molecule has 1 aliphatic heterocycles. The summed E-state index contributed by atoms with van der Waals surface area (Å²) in [5, 5.41) is 0. The van der Waals surface area contributed by atoms with Crippen molar-refractivity contribution in [1.29, 1.82) is 0 Å². The van der Waals surface area contributed by atoms with Gasteiger partial charge in [0.2, 0.25) is 0 Å². The Morgan fingerprint density at radius 3 is 2.72 bits per heavy atom. The molecule has 2 heterocycles. The molecule has 0 aromatic carbocycles. The number of rotatable bonds is 3. The van der Waals surface area contributed by atoms with Gasteiger partial charge in [-0.3, -0.25) is 9.98 Å². The van der Waals surface area contributed by atoms with Crippen LogP contribution in [0, 0.1) is 30.1 Å². The Morgan fingerprint density at radius 2 is 2.12 bits per heavy atom. The average Bonchev–Trinajstić information content (AvgIpc) is 3.40. The Morgan fingerprint density at radius 1 is 1.40 bits per heavy atom. The monoisotopic (exact) mass is 342 g/mol. The van der Waals surface area contributed by atoms with Crippen LogP contribution in [0.5, 0.6) is 0 Å². The molecule has 0 amide bonds. The highest BCUT2D eigenvalue weighted by molar-refractivity contribution is 5.97. The molecule has 6 heteroatoms. The van der Waals surface area contributed by atoms with Crippen molar-refractivity contribution in [2.45, 2.75) is 39.9 Å². The lowest BCUT2D eigenvalue weighted by Gasteiger charge is -2.33. The van der Waals surface area contributed by atoms with Crippen molar-refractivity contribution in [2.24, 2.45) is 22.2 Å². The maximum atomic E-state index is 5.70. The number of hydrazine groups is 1. The van der Waals surface area contributed by atoms with Crippen molar-refractivity contribution in [3.8, 4) is 11.8 Å². The van der Waals surface area contributed by atoms with Crippen LogP contribution in [0.1, 0.15) is 43.5 Å². The number of pyridine rings is 1. The summed E-state index contributed by atoms with van der Waals surface area (Å²) < 4.78 is 11.4. The molecular formula is C19H26N4O2. The van der Waals surface area contributed by atoms with Crippen molar-refractivity contribution in [3.05, 3.63) is 29.1 Å². The molecule has 25 heavy (non-hydrogen) atoms. The number of aromatic nitrogens is 1. The molecule has 0 spiro atoms. The third kappa shape index (κ3) is 5.02. The van der Waals surface area contributed by atoms with E-state index < -0.39 is 0 Å². The zero-order valence-electron chi connectivity index (χ0n) is 15.1. The molecule has 0 radical (unpaired) electrons. The van der Waals surface area contributed by atoms with Crippen LogP contribution < -0.4 is 11.3 Å². The lowest BCUT2D eigenvalue weighted by Crippen LogP contribution is -2.40. The quantitative estimate of drug-likeness (QED) is 0.288. The molecule has 134 valence electrons. The number of amidine groups is 1. The number of nitrogens with two attached hydrogens (primary N) is 1. The van der Waals surface area contributed by atoms with Crippen molar-refractivity contribution < 1.29 is 9.47 Å². The largest absolute Gasteiger partial charge is 0.350 e. The SMILES string of the molecule is Cc1cc(C#CC2CC2)cnc1C(=NCC1OCC(C)(C)CO1)NN. The van der Waals surface area contributed by atoms with Gasteiger partial charge >= 0.3 is 0 Å². The summed E-state index contributed by atoms with van der Waals surface area (Å²) in [6.07, 6.45) is 3.85. The number of nitrogens with zero attached hydrogens (tertiary/aromatic N) is 2. The van der Waals surface area contributed by atoms with Gasteiger partial charge in [-0.25, -0.2) is 5.84 Å². The van der Waals surface area contributed by atoms with E-state index in [0.29, 0.717) is 31.5 Å². The Kier molecular flexibility index (Phi) is 5.38. The first-order valence-corrected chi connectivity index (χ1v) is 8.70. The smallest absolute Gasteiger partial charge is 0.177 e. The number of ether oxygens (including phenoxy) is 2. The van der Waals surface area contributed by atoms with E-state index in [-0.39, 0.29) is 11.7 Å². The minimum Gasteiger partial charge on any atom is -0.350 e. The first-order valence-electron chi connectivity index (χ1n) is 8.70. The van der Waals surface area contributed by atoms with Crippen molar-refractivity contribution >= 4 is 5.84 Å². The summed E-state index contributed by atoms with van der Waals surface area (Å²) in [5.74, 6) is 13.2. The van der Waals surface area contributed by atoms with E-state index in [2.05, 4.69) is 41.1 Å². The normalized spacial score (nSPS) is 20.7.